The molecule has 0 spiro atoms. The quantitative estimate of drug-likeness (QED) is 0.556. The SMILES string of the molecule is CCOC(=O)c1nn(-c2ccc(CC)cc2)c(-c2ccccc2)c1C(=O)OCC. The molecule has 150 valence electrons. The molecule has 0 saturated heterocycles. The average molecular weight is 392 g/mol. The molecule has 1 aromatic heterocycles. The molecule has 2 aromatic carbocycles. The predicted octanol–water partition coefficient (Wildman–Crippen LogP) is 4.46. The minimum absolute atomic E-state index is 0.0521. The van der Waals surface area contributed by atoms with E-state index >= 15 is 0 Å². The highest BCUT2D eigenvalue weighted by molar-refractivity contribution is 6.06. The van der Waals surface area contributed by atoms with Crippen LogP contribution in [0.4, 0.5) is 0 Å². The third kappa shape index (κ3) is 4.21. The fourth-order valence-corrected chi connectivity index (χ4v) is 3.08. The zero-order valence-electron chi connectivity index (χ0n) is 16.8. The number of ether oxygens (including phenoxy) is 2. The van der Waals surface area contributed by atoms with E-state index in [0.29, 0.717) is 5.69 Å². The normalized spacial score (nSPS) is 10.6. The van der Waals surface area contributed by atoms with Crippen LogP contribution in [-0.4, -0.2) is 34.9 Å². The van der Waals surface area contributed by atoms with Crippen LogP contribution in [0.25, 0.3) is 16.9 Å². The first-order valence-corrected chi connectivity index (χ1v) is 9.72. The molecule has 3 rings (SSSR count). The Balaban J connectivity index is 2.29. The van der Waals surface area contributed by atoms with Gasteiger partial charge in [0.05, 0.1) is 24.6 Å². The summed E-state index contributed by atoms with van der Waals surface area (Å²) in [5, 5.41) is 4.48. The van der Waals surface area contributed by atoms with Crippen LogP contribution in [0.15, 0.2) is 54.6 Å². The summed E-state index contributed by atoms with van der Waals surface area (Å²) in [5.41, 5.74) is 3.22. The van der Waals surface area contributed by atoms with Gasteiger partial charge in [0.25, 0.3) is 0 Å². The van der Waals surface area contributed by atoms with E-state index in [0.717, 1.165) is 17.7 Å². The van der Waals surface area contributed by atoms with Crippen LogP contribution in [0.2, 0.25) is 0 Å². The van der Waals surface area contributed by atoms with E-state index in [1.165, 1.54) is 5.56 Å². The smallest absolute Gasteiger partial charge is 0.359 e. The van der Waals surface area contributed by atoms with Crippen molar-refractivity contribution in [3.05, 3.63) is 71.4 Å². The van der Waals surface area contributed by atoms with Gasteiger partial charge in [0.1, 0.15) is 5.56 Å². The maximum Gasteiger partial charge on any atom is 0.359 e. The number of aryl methyl sites for hydroxylation is 1. The van der Waals surface area contributed by atoms with Crippen LogP contribution in [0.1, 0.15) is 47.2 Å². The molecule has 0 unspecified atom stereocenters. The van der Waals surface area contributed by atoms with E-state index in [1.54, 1.807) is 18.5 Å². The van der Waals surface area contributed by atoms with Crippen LogP contribution >= 0.6 is 0 Å². The predicted molar refractivity (Wildman–Crippen MR) is 110 cm³/mol. The molecule has 3 aromatic rings. The Labute approximate surface area is 170 Å². The topological polar surface area (TPSA) is 70.4 Å². The van der Waals surface area contributed by atoms with Gasteiger partial charge in [-0.25, -0.2) is 14.3 Å². The van der Waals surface area contributed by atoms with E-state index in [4.69, 9.17) is 9.47 Å². The van der Waals surface area contributed by atoms with Crippen molar-refractivity contribution in [2.75, 3.05) is 13.2 Å². The van der Waals surface area contributed by atoms with Gasteiger partial charge in [0.2, 0.25) is 0 Å². The monoisotopic (exact) mass is 392 g/mol. The van der Waals surface area contributed by atoms with Gasteiger partial charge >= 0.3 is 11.9 Å². The Bertz CT molecular complexity index is 992. The van der Waals surface area contributed by atoms with Gasteiger partial charge in [0.15, 0.2) is 5.69 Å². The van der Waals surface area contributed by atoms with Crippen LogP contribution in [0.5, 0.6) is 0 Å². The summed E-state index contributed by atoms with van der Waals surface area (Å²) in [7, 11) is 0. The van der Waals surface area contributed by atoms with Crippen molar-refractivity contribution in [3.63, 3.8) is 0 Å². The molecule has 29 heavy (non-hydrogen) atoms. The largest absolute Gasteiger partial charge is 0.462 e. The lowest BCUT2D eigenvalue weighted by Gasteiger charge is -2.10. The Hall–Kier alpha value is -3.41. The summed E-state index contributed by atoms with van der Waals surface area (Å²) in [6.07, 6.45) is 0.910. The maximum absolute atomic E-state index is 12.8. The van der Waals surface area contributed by atoms with Crippen molar-refractivity contribution in [2.24, 2.45) is 0 Å². The van der Waals surface area contributed by atoms with Crippen molar-refractivity contribution >= 4 is 11.9 Å². The highest BCUT2D eigenvalue weighted by Gasteiger charge is 2.31. The number of esters is 2. The summed E-state index contributed by atoms with van der Waals surface area (Å²) >= 11 is 0. The Morgan fingerprint density at radius 3 is 2.07 bits per heavy atom. The van der Waals surface area contributed by atoms with Gasteiger partial charge in [-0.05, 0) is 38.0 Å². The number of carbonyl (C=O) groups excluding carboxylic acids is 2. The second-order valence-corrected chi connectivity index (χ2v) is 6.31. The summed E-state index contributed by atoms with van der Waals surface area (Å²) in [5.74, 6) is -1.26. The van der Waals surface area contributed by atoms with Crippen molar-refractivity contribution in [2.45, 2.75) is 27.2 Å². The maximum atomic E-state index is 12.8. The number of benzene rings is 2. The van der Waals surface area contributed by atoms with Crippen LogP contribution in [0.3, 0.4) is 0 Å². The first kappa shape index (κ1) is 20.3. The lowest BCUT2D eigenvalue weighted by molar-refractivity contribution is 0.0476. The highest BCUT2D eigenvalue weighted by Crippen LogP contribution is 2.30. The molecule has 6 nitrogen and oxygen atoms in total. The van der Waals surface area contributed by atoms with E-state index in [9.17, 15) is 9.59 Å². The summed E-state index contributed by atoms with van der Waals surface area (Å²) in [4.78, 5) is 25.4. The molecule has 0 amide bonds. The summed E-state index contributed by atoms with van der Waals surface area (Å²) in [6.45, 7) is 5.88. The standard InChI is InChI=1S/C23H24N2O4/c1-4-16-12-14-18(15-13-16)25-21(17-10-8-7-9-11-17)19(22(26)28-5-2)20(24-25)23(27)29-6-3/h7-15H,4-6H2,1-3H3. The van der Waals surface area contributed by atoms with Crippen LogP contribution < -0.4 is 0 Å². The van der Waals surface area contributed by atoms with E-state index in [2.05, 4.69) is 12.0 Å². The van der Waals surface area contributed by atoms with Crippen molar-refractivity contribution in [3.8, 4) is 16.9 Å². The van der Waals surface area contributed by atoms with Gasteiger partial charge in [-0.15, -0.1) is 0 Å². The zero-order chi connectivity index (χ0) is 20.8. The van der Waals surface area contributed by atoms with E-state index in [-0.39, 0.29) is 24.5 Å². The molecule has 0 radical (unpaired) electrons. The van der Waals surface area contributed by atoms with Gasteiger partial charge in [0, 0.05) is 5.56 Å². The second kappa shape index (κ2) is 9.19. The Kier molecular flexibility index (Phi) is 6.44. The molecule has 0 atom stereocenters. The molecule has 0 aliphatic heterocycles. The van der Waals surface area contributed by atoms with Gasteiger partial charge in [-0.1, -0.05) is 49.4 Å². The van der Waals surface area contributed by atoms with E-state index < -0.39 is 11.9 Å². The molecule has 0 saturated carbocycles. The lowest BCUT2D eigenvalue weighted by Crippen LogP contribution is -2.13. The lowest BCUT2D eigenvalue weighted by atomic mass is 10.0. The first-order chi connectivity index (χ1) is 14.1. The van der Waals surface area contributed by atoms with Crippen molar-refractivity contribution in [1.29, 1.82) is 0 Å². The van der Waals surface area contributed by atoms with Gasteiger partial charge in [-0.3, -0.25) is 0 Å². The number of nitrogens with zero attached hydrogens (tertiary/aromatic N) is 2. The summed E-state index contributed by atoms with van der Waals surface area (Å²) < 4.78 is 12.0. The molecule has 0 aliphatic carbocycles. The Morgan fingerprint density at radius 1 is 0.862 bits per heavy atom. The number of aromatic nitrogens is 2. The third-order valence-electron chi connectivity index (χ3n) is 4.47. The minimum atomic E-state index is -0.656. The number of carbonyl (C=O) groups is 2. The number of rotatable bonds is 7. The van der Waals surface area contributed by atoms with Crippen molar-refractivity contribution in [1.82, 2.24) is 9.78 Å². The minimum Gasteiger partial charge on any atom is -0.462 e. The summed E-state index contributed by atoms with van der Waals surface area (Å²) in [6, 6.07) is 17.2. The average Bonchev–Trinajstić information content (AvgIpc) is 3.15. The number of hydrogen-bond acceptors (Lipinski definition) is 5. The van der Waals surface area contributed by atoms with Crippen LogP contribution in [0, 0.1) is 0 Å². The number of hydrogen-bond donors (Lipinski definition) is 0. The third-order valence-corrected chi connectivity index (χ3v) is 4.47. The fourth-order valence-electron chi connectivity index (χ4n) is 3.08. The van der Waals surface area contributed by atoms with Crippen molar-refractivity contribution < 1.29 is 19.1 Å². The highest BCUT2D eigenvalue weighted by atomic mass is 16.5. The van der Waals surface area contributed by atoms with Gasteiger partial charge < -0.3 is 9.47 Å². The van der Waals surface area contributed by atoms with Gasteiger partial charge in [-0.2, -0.15) is 5.10 Å². The molecule has 1 heterocycles. The zero-order valence-corrected chi connectivity index (χ0v) is 16.8. The van der Waals surface area contributed by atoms with E-state index in [1.807, 2.05) is 54.6 Å². The molecular formula is C23H24N2O4. The Morgan fingerprint density at radius 2 is 1.48 bits per heavy atom. The first-order valence-electron chi connectivity index (χ1n) is 9.72. The molecule has 0 fully saturated rings. The molecule has 0 bridgehead atoms. The molecule has 6 heteroatoms. The second-order valence-electron chi connectivity index (χ2n) is 6.31. The van der Waals surface area contributed by atoms with Crippen LogP contribution in [-0.2, 0) is 15.9 Å². The fraction of sp³-hybridized carbons (Fsp3) is 0.261. The molecule has 0 aliphatic rings. The molecule has 0 N–H and O–H groups in total. The molecular weight excluding hydrogens is 368 g/mol.